The first-order valence-electron chi connectivity index (χ1n) is 12.7. The molecular weight excluding hydrogens is 510 g/mol. The van der Waals surface area contributed by atoms with E-state index < -0.39 is 12.1 Å². The number of carboxylic acid groups (broad SMARTS) is 1. The van der Waals surface area contributed by atoms with Gasteiger partial charge in [-0.15, -0.1) is 11.8 Å². The molecule has 0 radical (unpaired) electrons. The molecule has 3 heterocycles. The quantitative estimate of drug-likeness (QED) is 0.217. The van der Waals surface area contributed by atoms with E-state index in [1.54, 1.807) is 13.3 Å². The van der Waals surface area contributed by atoms with Gasteiger partial charge in [0.2, 0.25) is 0 Å². The highest BCUT2D eigenvalue weighted by Crippen LogP contribution is 2.43. The molecule has 2 N–H and O–H groups in total. The molecule has 37 heavy (non-hydrogen) atoms. The Morgan fingerprint density at radius 2 is 2.00 bits per heavy atom. The van der Waals surface area contributed by atoms with Crippen molar-refractivity contribution in [3.63, 3.8) is 0 Å². The summed E-state index contributed by atoms with van der Waals surface area (Å²) in [6.45, 7) is 2.75. The fourth-order valence-electron chi connectivity index (χ4n) is 5.22. The van der Waals surface area contributed by atoms with Crippen LogP contribution in [0.4, 0.5) is 0 Å². The standard InChI is InChI=1S/C28H34ClN3O4S/c1-36-20-3-4-24-22(17-20)27(23(29)19-31-24)25(33)5-8-28(18-26(34)35)9-14-32(15-10-28)13-2-16-37-21-6-11-30-12-7-21/h3-4,6-7,11-12,17,19,25,33H,2,5,8-10,13-16,18H2,1H3,(H,34,35)/t25-/m0/s1. The number of nitrogens with zero attached hydrogens (tertiary/aromatic N) is 3. The molecule has 0 spiro atoms. The van der Waals surface area contributed by atoms with Crippen LogP contribution in [0.2, 0.25) is 5.02 Å². The lowest BCUT2D eigenvalue weighted by Gasteiger charge is -2.41. The molecule has 0 unspecified atom stereocenters. The highest BCUT2D eigenvalue weighted by Gasteiger charge is 2.37. The molecule has 1 fully saturated rings. The van der Waals surface area contributed by atoms with E-state index in [0.29, 0.717) is 29.2 Å². The Balaban J connectivity index is 1.35. The van der Waals surface area contributed by atoms with Gasteiger partial charge in [-0.1, -0.05) is 11.6 Å². The lowest BCUT2D eigenvalue weighted by atomic mass is 9.71. The average molecular weight is 544 g/mol. The molecule has 0 saturated carbocycles. The summed E-state index contributed by atoms with van der Waals surface area (Å²) in [6, 6.07) is 9.56. The number of aliphatic hydroxyl groups excluding tert-OH is 1. The molecule has 2 aromatic heterocycles. The topological polar surface area (TPSA) is 95.8 Å². The monoisotopic (exact) mass is 543 g/mol. The largest absolute Gasteiger partial charge is 0.497 e. The summed E-state index contributed by atoms with van der Waals surface area (Å²) in [5.74, 6) is 0.922. The number of thioether (sulfide) groups is 1. The van der Waals surface area contributed by atoms with Crippen LogP contribution in [0.3, 0.4) is 0 Å². The third-order valence-electron chi connectivity index (χ3n) is 7.33. The van der Waals surface area contributed by atoms with Crippen molar-refractivity contribution >= 4 is 40.2 Å². The van der Waals surface area contributed by atoms with Gasteiger partial charge in [0.25, 0.3) is 0 Å². The fourth-order valence-corrected chi connectivity index (χ4v) is 6.32. The van der Waals surface area contributed by atoms with Gasteiger partial charge in [0.15, 0.2) is 0 Å². The number of ether oxygens (including phenoxy) is 1. The van der Waals surface area contributed by atoms with Crippen molar-refractivity contribution in [2.24, 2.45) is 5.41 Å². The molecule has 0 aliphatic carbocycles. The highest BCUT2D eigenvalue weighted by molar-refractivity contribution is 7.99. The predicted octanol–water partition coefficient (Wildman–Crippen LogP) is 5.84. The minimum Gasteiger partial charge on any atom is -0.497 e. The number of carboxylic acids is 1. The van der Waals surface area contributed by atoms with E-state index in [-0.39, 0.29) is 11.8 Å². The maximum absolute atomic E-state index is 11.8. The summed E-state index contributed by atoms with van der Waals surface area (Å²) >= 11 is 8.32. The normalized spacial score (nSPS) is 16.5. The molecule has 1 aliphatic heterocycles. The summed E-state index contributed by atoms with van der Waals surface area (Å²) in [4.78, 5) is 23.9. The fraction of sp³-hybridized carbons (Fsp3) is 0.464. The zero-order valence-electron chi connectivity index (χ0n) is 21.1. The third-order valence-corrected chi connectivity index (χ3v) is 8.73. The molecule has 1 atom stereocenters. The molecule has 0 amide bonds. The Morgan fingerprint density at radius 3 is 2.70 bits per heavy atom. The van der Waals surface area contributed by atoms with Gasteiger partial charge in [-0.05, 0) is 93.2 Å². The zero-order valence-corrected chi connectivity index (χ0v) is 22.7. The van der Waals surface area contributed by atoms with Crippen LogP contribution in [-0.4, -0.2) is 63.5 Å². The number of pyridine rings is 2. The number of piperidine rings is 1. The first-order valence-corrected chi connectivity index (χ1v) is 14.0. The minimum absolute atomic E-state index is 0.115. The molecule has 1 aromatic carbocycles. The lowest BCUT2D eigenvalue weighted by molar-refractivity contribution is -0.141. The molecule has 3 aromatic rings. The van der Waals surface area contributed by atoms with Crippen molar-refractivity contribution in [3.8, 4) is 5.75 Å². The van der Waals surface area contributed by atoms with Gasteiger partial charge in [0, 0.05) is 34.4 Å². The van der Waals surface area contributed by atoms with Crippen LogP contribution >= 0.6 is 23.4 Å². The predicted molar refractivity (Wildman–Crippen MR) is 147 cm³/mol. The van der Waals surface area contributed by atoms with Crippen molar-refractivity contribution in [1.29, 1.82) is 0 Å². The van der Waals surface area contributed by atoms with Gasteiger partial charge >= 0.3 is 5.97 Å². The van der Waals surface area contributed by atoms with Crippen molar-refractivity contribution in [3.05, 3.63) is 59.5 Å². The molecular formula is C28H34ClN3O4S. The Kier molecular flexibility index (Phi) is 9.65. The van der Waals surface area contributed by atoms with Gasteiger partial charge in [-0.3, -0.25) is 14.8 Å². The first-order chi connectivity index (χ1) is 17.9. The number of likely N-dealkylation sites (tertiary alicyclic amines) is 1. The van der Waals surface area contributed by atoms with Crippen LogP contribution in [0.5, 0.6) is 5.75 Å². The number of halogens is 1. The van der Waals surface area contributed by atoms with Crippen LogP contribution in [0, 0.1) is 5.41 Å². The third kappa shape index (κ3) is 7.35. The molecule has 1 aliphatic rings. The number of methoxy groups -OCH3 is 1. The number of aromatic nitrogens is 2. The number of aliphatic hydroxyl groups is 1. The van der Waals surface area contributed by atoms with Gasteiger partial charge in [0.05, 0.1) is 30.2 Å². The molecule has 198 valence electrons. The van der Waals surface area contributed by atoms with Crippen LogP contribution in [0.1, 0.15) is 50.2 Å². The molecule has 7 nitrogen and oxygen atoms in total. The molecule has 4 rings (SSSR count). The number of rotatable bonds is 12. The van der Waals surface area contributed by atoms with Crippen molar-refractivity contribution in [1.82, 2.24) is 14.9 Å². The molecule has 9 heteroatoms. The molecule has 0 bridgehead atoms. The number of benzene rings is 1. The molecule has 1 saturated heterocycles. The van der Waals surface area contributed by atoms with E-state index in [2.05, 4.69) is 14.9 Å². The second-order valence-electron chi connectivity index (χ2n) is 9.75. The van der Waals surface area contributed by atoms with Crippen molar-refractivity contribution in [2.75, 3.05) is 32.5 Å². The van der Waals surface area contributed by atoms with Crippen molar-refractivity contribution < 1.29 is 19.7 Å². The minimum atomic E-state index is -0.820. The van der Waals surface area contributed by atoms with E-state index >= 15 is 0 Å². The SMILES string of the molecule is COc1ccc2ncc(Cl)c([C@@H](O)CCC3(CC(=O)O)CCN(CCCSc4ccncc4)CC3)c2c1. The highest BCUT2D eigenvalue weighted by atomic mass is 35.5. The smallest absolute Gasteiger partial charge is 0.303 e. The summed E-state index contributed by atoms with van der Waals surface area (Å²) < 4.78 is 5.35. The number of hydrogen-bond acceptors (Lipinski definition) is 7. The Bertz CT molecular complexity index is 1190. The first kappa shape index (κ1) is 27.6. The Labute approximate surface area is 227 Å². The number of fused-ring (bicyclic) bond motifs is 1. The van der Waals surface area contributed by atoms with Crippen LogP contribution in [0.25, 0.3) is 10.9 Å². The number of hydrogen-bond donors (Lipinski definition) is 2. The Morgan fingerprint density at radius 1 is 1.24 bits per heavy atom. The van der Waals surface area contributed by atoms with E-state index in [0.717, 1.165) is 55.6 Å². The van der Waals surface area contributed by atoms with Gasteiger partial charge in [-0.25, -0.2) is 0 Å². The van der Waals surface area contributed by atoms with E-state index in [4.69, 9.17) is 16.3 Å². The number of aliphatic carboxylic acids is 1. The second-order valence-corrected chi connectivity index (χ2v) is 11.3. The summed E-state index contributed by atoms with van der Waals surface area (Å²) in [5.41, 5.74) is 1.03. The zero-order chi connectivity index (χ0) is 26.3. The maximum Gasteiger partial charge on any atom is 0.303 e. The van der Waals surface area contributed by atoms with Gasteiger partial charge in [0.1, 0.15) is 5.75 Å². The van der Waals surface area contributed by atoms with Crippen LogP contribution in [0.15, 0.2) is 53.8 Å². The summed E-state index contributed by atoms with van der Waals surface area (Å²) in [5, 5.41) is 22.0. The van der Waals surface area contributed by atoms with Crippen LogP contribution < -0.4 is 4.74 Å². The van der Waals surface area contributed by atoms with E-state index in [9.17, 15) is 15.0 Å². The van der Waals surface area contributed by atoms with Gasteiger partial charge < -0.3 is 19.8 Å². The average Bonchev–Trinajstić information content (AvgIpc) is 2.90. The van der Waals surface area contributed by atoms with Crippen molar-refractivity contribution in [2.45, 2.75) is 49.5 Å². The summed E-state index contributed by atoms with van der Waals surface area (Å²) in [7, 11) is 1.59. The van der Waals surface area contributed by atoms with Gasteiger partial charge in [-0.2, -0.15) is 0 Å². The van der Waals surface area contributed by atoms with Crippen LogP contribution in [-0.2, 0) is 4.79 Å². The maximum atomic E-state index is 11.8. The Hall–Kier alpha value is -2.39. The lowest BCUT2D eigenvalue weighted by Crippen LogP contribution is -2.41. The van der Waals surface area contributed by atoms with E-state index in [1.165, 1.54) is 4.90 Å². The second kappa shape index (κ2) is 12.9. The summed E-state index contributed by atoms with van der Waals surface area (Å²) in [6.07, 6.45) is 8.24. The number of carbonyl (C=O) groups is 1. The van der Waals surface area contributed by atoms with E-state index in [1.807, 2.05) is 54.5 Å².